The molecule has 2 aromatic rings. The molecule has 118 valence electrons. The van der Waals surface area contributed by atoms with Crippen LogP contribution in [-0.2, 0) is 4.74 Å². The van der Waals surface area contributed by atoms with Crippen LogP contribution in [0.25, 0.3) is 5.65 Å². The summed E-state index contributed by atoms with van der Waals surface area (Å²) in [5, 5.41) is 5.36. The molecular formula is C15H20N4O2S. The van der Waals surface area contributed by atoms with Crippen LogP contribution in [0.15, 0.2) is 11.4 Å². The number of carbonyl (C=O) groups excluding carboxylic acids is 1. The molecule has 22 heavy (non-hydrogen) atoms. The zero-order valence-electron chi connectivity index (χ0n) is 12.9. The first kappa shape index (κ1) is 15.3. The molecule has 2 heterocycles. The molecule has 0 bridgehead atoms. The lowest BCUT2D eigenvalue weighted by Crippen LogP contribution is -2.09. The van der Waals surface area contributed by atoms with Crippen molar-refractivity contribution in [2.75, 3.05) is 12.9 Å². The molecule has 0 atom stereocenters. The molecule has 0 aromatic carbocycles. The second kappa shape index (κ2) is 6.64. The molecule has 0 N–H and O–H groups in total. The van der Waals surface area contributed by atoms with Gasteiger partial charge in [0.25, 0.3) is 0 Å². The zero-order valence-corrected chi connectivity index (χ0v) is 13.7. The van der Waals surface area contributed by atoms with Gasteiger partial charge in [0.1, 0.15) is 5.56 Å². The number of hydrogen-bond acceptors (Lipinski definition) is 6. The molecule has 0 saturated heterocycles. The summed E-state index contributed by atoms with van der Waals surface area (Å²) < 4.78 is 6.78. The quantitative estimate of drug-likeness (QED) is 0.490. The van der Waals surface area contributed by atoms with E-state index in [4.69, 9.17) is 4.74 Å². The molecule has 1 fully saturated rings. The van der Waals surface area contributed by atoms with Crippen LogP contribution in [0.3, 0.4) is 0 Å². The van der Waals surface area contributed by atoms with Gasteiger partial charge in [-0.2, -0.15) is 4.52 Å². The predicted molar refractivity (Wildman–Crippen MR) is 84.3 cm³/mol. The fourth-order valence-corrected chi connectivity index (χ4v) is 3.35. The summed E-state index contributed by atoms with van der Waals surface area (Å²) in [6, 6.07) is 0. The van der Waals surface area contributed by atoms with Crippen LogP contribution in [0, 0.1) is 0 Å². The van der Waals surface area contributed by atoms with E-state index in [1.54, 1.807) is 17.6 Å². The number of thioether (sulfide) groups is 1. The molecular weight excluding hydrogens is 300 g/mol. The minimum absolute atomic E-state index is 0.332. The maximum Gasteiger partial charge on any atom is 0.343 e. The standard InChI is InChI=1S/C15H20N4O2S/c1-3-21-14(20)11-9-16-15(22-2)19-13(11)17-12(18-19)10-7-5-4-6-8-10/h9-10H,3-8H2,1-2H3. The number of aromatic nitrogens is 4. The van der Waals surface area contributed by atoms with Crippen LogP contribution in [0.4, 0.5) is 0 Å². The normalized spacial score (nSPS) is 16.1. The van der Waals surface area contributed by atoms with Gasteiger partial charge in [0.15, 0.2) is 16.6 Å². The summed E-state index contributed by atoms with van der Waals surface area (Å²) in [5.41, 5.74) is 0.938. The summed E-state index contributed by atoms with van der Waals surface area (Å²) in [5.74, 6) is 0.821. The molecule has 6 nitrogen and oxygen atoms in total. The van der Waals surface area contributed by atoms with Gasteiger partial charge in [-0.05, 0) is 26.0 Å². The van der Waals surface area contributed by atoms with E-state index < -0.39 is 5.97 Å². The van der Waals surface area contributed by atoms with Crippen molar-refractivity contribution >= 4 is 23.4 Å². The molecule has 2 aromatic heterocycles. The van der Waals surface area contributed by atoms with Crippen molar-refractivity contribution in [3.05, 3.63) is 17.6 Å². The van der Waals surface area contributed by atoms with Crippen molar-refractivity contribution in [2.45, 2.75) is 50.1 Å². The highest BCUT2D eigenvalue weighted by Crippen LogP contribution is 2.31. The fourth-order valence-electron chi connectivity index (χ4n) is 2.89. The highest BCUT2D eigenvalue weighted by molar-refractivity contribution is 7.98. The summed E-state index contributed by atoms with van der Waals surface area (Å²) in [4.78, 5) is 21.0. The Morgan fingerprint density at radius 2 is 2.18 bits per heavy atom. The van der Waals surface area contributed by atoms with Crippen molar-refractivity contribution in [2.24, 2.45) is 0 Å². The van der Waals surface area contributed by atoms with Crippen molar-refractivity contribution in [3.63, 3.8) is 0 Å². The highest BCUT2D eigenvalue weighted by Gasteiger charge is 2.24. The van der Waals surface area contributed by atoms with Gasteiger partial charge in [-0.25, -0.2) is 14.8 Å². The first-order valence-corrected chi connectivity index (χ1v) is 8.93. The Kier molecular flexibility index (Phi) is 4.61. The largest absolute Gasteiger partial charge is 0.462 e. The Labute approximate surface area is 133 Å². The number of hydrogen-bond donors (Lipinski definition) is 0. The van der Waals surface area contributed by atoms with Gasteiger partial charge in [0.2, 0.25) is 0 Å². The minimum Gasteiger partial charge on any atom is -0.462 e. The van der Waals surface area contributed by atoms with Gasteiger partial charge in [-0.3, -0.25) is 0 Å². The lowest BCUT2D eigenvalue weighted by Gasteiger charge is -2.17. The first-order chi connectivity index (χ1) is 10.7. The van der Waals surface area contributed by atoms with Gasteiger partial charge < -0.3 is 4.74 Å². The molecule has 1 saturated carbocycles. The van der Waals surface area contributed by atoms with E-state index in [9.17, 15) is 4.79 Å². The van der Waals surface area contributed by atoms with Gasteiger partial charge >= 0.3 is 5.97 Å². The molecule has 1 aliphatic carbocycles. The van der Waals surface area contributed by atoms with E-state index in [-0.39, 0.29) is 0 Å². The Hall–Kier alpha value is -1.63. The van der Waals surface area contributed by atoms with Crippen molar-refractivity contribution < 1.29 is 9.53 Å². The number of carbonyl (C=O) groups is 1. The van der Waals surface area contributed by atoms with Gasteiger partial charge in [0, 0.05) is 12.1 Å². The molecule has 0 amide bonds. The second-order valence-electron chi connectivity index (χ2n) is 5.42. The number of fused-ring (bicyclic) bond motifs is 1. The topological polar surface area (TPSA) is 69.4 Å². The molecule has 1 aliphatic rings. The first-order valence-electron chi connectivity index (χ1n) is 7.71. The summed E-state index contributed by atoms with van der Waals surface area (Å²) in [6.07, 6.45) is 9.44. The van der Waals surface area contributed by atoms with Crippen LogP contribution in [0.5, 0.6) is 0 Å². The lowest BCUT2D eigenvalue weighted by molar-refractivity contribution is 0.0527. The monoisotopic (exact) mass is 320 g/mol. The van der Waals surface area contributed by atoms with E-state index >= 15 is 0 Å². The molecule has 0 unspecified atom stereocenters. The number of rotatable bonds is 4. The third kappa shape index (κ3) is 2.82. The van der Waals surface area contributed by atoms with E-state index in [1.807, 2.05) is 6.26 Å². The van der Waals surface area contributed by atoms with Crippen molar-refractivity contribution in [1.82, 2.24) is 19.6 Å². The molecule has 0 spiro atoms. The van der Waals surface area contributed by atoms with Crippen LogP contribution in [-0.4, -0.2) is 38.4 Å². The molecule has 0 radical (unpaired) electrons. The Morgan fingerprint density at radius 1 is 1.41 bits per heavy atom. The van der Waals surface area contributed by atoms with E-state index in [0.29, 0.717) is 23.7 Å². The van der Waals surface area contributed by atoms with Crippen molar-refractivity contribution in [3.8, 4) is 0 Å². The Balaban J connectivity index is 2.06. The summed E-state index contributed by atoms with van der Waals surface area (Å²) in [6.45, 7) is 2.12. The molecule has 3 rings (SSSR count). The van der Waals surface area contributed by atoms with Crippen LogP contribution >= 0.6 is 11.8 Å². The van der Waals surface area contributed by atoms with Crippen LogP contribution < -0.4 is 0 Å². The fraction of sp³-hybridized carbons (Fsp3) is 0.600. The zero-order chi connectivity index (χ0) is 15.5. The third-order valence-electron chi connectivity index (χ3n) is 4.00. The lowest BCUT2D eigenvalue weighted by atomic mass is 9.89. The van der Waals surface area contributed by atoms with Gasteiger partial charge in [0.05, 0.1) is 6.61 Å². The Morgan fingerprint density at radius 3 is 2.86 bits per heavy atom. The smallest absolute Gasteiger partial charge is 0.343 e. The third-order valence-corrected chi connectivity index (χ3v) is 4.64. The highest BCUT2D eigenvalue weighted by atomic mass is 32.2. The average Bonchev–Trinajstić information content (AvgIpc) is 3.00. The number of ether oxygens (including phenoxy) is 1. The molecule has 0 aliphatic heterocycles. The van der Waals surface area contributed by atoms with Crippen LogP contribution in [0.2, 0.25) is 0 Å². The van der Waals surface area contributed by atoms with E-state index in [0.717, 1.165) is 23.8 Å². The second-order valence-corrected chi connectivity index (χ2v) is 6.19. The van der Waals surface area contributed by atoms with Gasteiger partial charge in [-0.1, -0.05) is 31.0 Å². The van der Waals surface area contributed by atoms with E-state index in [1.165, 1.54) is 31.0 Å². The average molecular weight is 320 g/mol. The minimum atomic E-state index is -0.393. The predicted octanol–water partition coefficient (Wildman–Crippen LogP) is 3.07. The number of esters is 1. The maximum atomic E-state index is 12.1. The number of nitrogens with zero attached hydrogens (tertiary/aromatic N) is 4. The van der Waals surface area contributed by atoms with Gasteiger partial charge in [-0.15, -0.1) is 5.10 Å². The Bertz CT molecular complexity index is 679. The van der Waals surface area contributed by atoms with Crippen LogP contribution in [0.1, 0.15) is 61.1 Å². The van der Waals surface area contributed by atoms with Crippen molar-refractivity contribution in [1.29, 1.82) is 0 Å². The maximum absolute atomic E-state index is 12.1. The summed E-state index contributed by atoms with van der Waals surface area (Å²) >= 11 is 1.49. The SMILES string of the molecule is CCOC(=O)c1cnc(SC)n2nc(C3CCCCC3)nc12. The van der Waals surface area contributed by atoms with E-state index in [2.05, 4.69) is 15.1 Å². The molecule has 7 heteroatoms. The summed E-state index contributed by atoms with van der Waals surface area (Å²) in [7, 11) is 0.